The van der Waals surface area contributed by atoms with Gasteiger partial charge >= 0.3 is 0 Å². The molecule has 6 heteroatoms. The Balaban J connectivity index is 1.59. The maximum absolute atomic E-state index is 10.8. The van der Waals surface area contributed by atoms with Crippen LogP contribution in [0.15, 0.2) is 34.9 Å². The average Bonchev–Trinajstić information content (AvgIpc) is 2.90. The number of carbonyl (C=O) groups excluding carboxylic acids is 1. The molecule has 116 valence electrons. The van der Waals surface area contributed by atoms with Gasteiger partial charge in [-0.15, -0.1) is 0 Å². The molecule has 1 N–H and O–H groups in total. The number of pyridine rings is 1. The molecule has 0 atom stereocenters. The monoisotopic (exact) mass is 301 g/mol. The van der Waals surface area contributed by atoms with Crippen LogP contribution in [-0.2, 0) is 6.54 Å². The van der Waals surface area contributed by atoms with Crippen LogP contribution < -0.4 is 15.0 Å². The number of hydrogen-bond donors (Lipinski definition) is 0. The van der Waals surface area contributed by atoms with E-state index in [1.54, 1.807) is 13.0 Å². The fourth-order valence-electron chi connectivity index (χ4n) is 2.75. The van der Waals surface area contributed by atoms with Crippen molar-refractivity contribution in [2.24, 2.45) is 0 Å². The first-order chi connectivity index (χ1) is 10.6. The van der Waals surface area contributed by atoms with Crippen molar-refractivity contribution in [1.82, 2.24) is 4.90 Å². The number of aromatic carboxylic acids is 1. The van der Waals surface area contributed by atoms with Crippen LogP contribution in [0.2, 0.25) is 0 Å². The molecule has 22 heavy (non-hydrogen) atoms. The summed E-state index contributed by atoms with van der Waals surface area (Å²) in [5.41, 5.74) is 0.916. The number of aromatic amines is 1. The highest BCUT2D eigenvalue weighted by molar-refractivity contribution is 5.82. The largest absolute Gasteiger partial charge is 0.542 e. The van der Waals surface area contributed by atoms with E-state index in [0.717, 1.165) is 37.6 Å². The number of aromatic nitrogens is 1. The molecule has 0 amide bonds. The second kappa shape index (κ2) is 6.19. The molecule has 2 aromatic rings. The number of carboxylic acids is 1. The van der Waals surface area contributed by atoms with Gasteiger partial charge in [0.05, 0.1) is 19.3 Å². The van der Waals surface area contributed by atoms with E-state index >= 15 is 0 Å². The van der Waals surface area contributed by atoms with Crippen LogP contribution in [0.3, 0.4) is 0 Å². The highest BCUT2D eigenvalue weighted by Crippen LogP contribution is 2.18. The number of rotatable bonds is 4. The fourth-order valence-corrected chi connectivity index (χ4v) is 2.75. The number of aryl methyl sites for hydroxylation is 1. The molecule has 1 fully saturated rings. The molecule has 1 aliphatic rings. The highest BCUT2D eigenvalue weighted by Gasteiger charge is 2.23. The quantitative estimate of drug-likeness (QED) is 0.800. The number of nitrogens with zero attached hydrogens (tertiary/aromatic N) is 2. The molecule has 1 aliphatic heterocycles. The van der Waals surface area contributed by atoms with E-state index < -0.39 is 5.97 Å². The first-order valence-corrected chi connectivity index (χ1v) is 7.38. The third-order valence-corrected chi connectivity index (χ3v) is 4.02. The van der Waals surface area contributed by atoms with Crippen LogP contribution in [0.25, 0.3) is 0 Å². The summed E-state index contributed by atoms with van der Waals surface area (Å²) in [4.78, 5) is 18.7. The molecule has 0 saturated carbocycles. The van der Waals surface area contributed by atoms with Crippen molar-refractivity contribution >= 4 is 11.8 Å². The first kappa shape index (κ1) is 14.6. The van der Waals surface area contributed by atoms with E-state index in [9.17, 15) is 9.90 Å². The first-order valence-electron chi connectivity index (χ1n) is 7.38. The molecule has 0 aliphatic carbocycles. The van der Waals surface area contributed by atoms with E-state index in [-0.39, 0.29) is 5.76 Å². The number of carboxylic acid groups (broad SMARTS) is 1. The van der Waals surface area contributed by atoms with E-state index in [2.05, 4.69) is 20.9 Å². The smallest absolute Gasteiger partial charge is 0.274 e. The second-order valence-electron chi connectivity index (χ2n) is 5.49. The number of piperazine rings is 1. The molecular formula is C16H19N3O3. The van der Waals surface area contributed by atoms with Crippen LogP contribution >= 0.6 is 0 Å². The Labute approximate surface area is 129 Å². The van der Waals surface area contributed by atoms with Crippen molar-refractivity contribution in [3.8, 4) is 0 Å². The predicted octanol–water partition coefficient (Wildman–Crippen LogP) is 0.0878. The summed E-state index contributed by atoms with van der Waals surface area (Å²) in [6, 6.07) is 7.63. The third-order valence-electron chi connectivity index (χ3n) is 4.02. The molecule has 3 rings (SSSR count). The SMILES string of the molecule is Cc1oc(C(=O)[O-])cc1CN1CCN(c2cccc[nH+]2)CC1. The Bertz CT molecular complexity index is 646. The van der Waals surface area contributed by atoms with E-state index in [4.69, 9.17) is 4.42 Å². The number of furan rings is 1. The molecular weight excluding hydrogens is 282 g/mol. The Hall–Kier alpha value is -2.34. The topological polar surface area (TPSA) is 73.9 Å². The lowest BCUT2D eigenvalue weighted by Gasteiger charge is -2.30. The molecule has 1 saturated heterocycles. The number of nitrogens with one attached hydrogen (secondary N) is 1. The van der Waals surface area contributed by atoms with Crippen molar-refractivity contribution < 1.29 is 19.3 Å². The lowest BCUT2D eigenvalue weighted by atomic mass is 10.2. The Kier molecular flexibility index (Phi) is 4.11. The van der Waals surface area contributed by atoms with Gasteiger partial charge in [0, 0.05) is 31.3 Å². The van der Waals surface area contributed by atoms with Gasteiger partial charge < -0.3 is 14.3 Å². The minimum absolute atomic E-state index is 0.0926. The van der Waals surface area contributed by atoms with Crippen LogP contribution in [0.4, 0.5) is 5.82 Å². The molecule has 0 aromatic carbocycles. The third kappa shape index (κ3) is 3.12. The second-order valence-corrected chi connectivity index (χ2v) is 5.49. The van der Waals surface area contributed by atoms with Crippen molar-refractivity contribution in [1.29, 1.82) is 0 Å². The number of H-pyrrole nitrogens is 1. The zero-order valence-corrected chi connectivity index (χ0v) is 12.5. The molecule has 3 heterocycles. The van der Waals surface area contributed by atoms with Crippen molar-refractivity contribution in [3.63, 3.8) is 0 Å². The number of hydrogen-bond acceptors (Lipinski definition) is 5. The summed E-state index contributed by atoms with van der Waals surface area (Å²) < 4.78 is 5.20. The van der Waals surface area contributed by atoms with Gasteiger partial charge in [0.1, 0.15) is 17.5 Å². The normalized spacial score (nSPS) is 16.0. The minimum atomic E-state index is -1.27. The van der Waals surface area contributed by atoms with Crippen molar-refractivity contribution in [2.45, 2.75) is 13.5 Å². The zero-order chi connectivity index (χ0) is 15.5. The summed E-state index contributed by atoms with van der Waals surface area (Å²) in [7, 11) is 0. The summed E-state index contributed by atoms with van der Waals surface area (Å²) in [6.07, 6.45) is 1.93. The summed E-state index contributed by atoms with van der Waals surface area (Å²) in [6.45, 7) is 6.21. The van der Waals surface area contributed by atoms with E-state index in [1.807, 2.05) is 18.3 Å². The van der Waals surface area contributed by atoms with E-state index in [1.165, 1.54) is 0 Å². The Morgan fingerprint density at radius 3 is 2.68 bits per heavy atom. The summed E-state index contributed by atoms with van der Waals surface area (Å²) >= 11 is 0. The maximum atomic E-state index is 10.8. The van der Waals surface area contributed by atoms with Crippen LogP contribution in [0.5, 0.6) is 0 Å². The van der Waals surface area contributed by atoms with Crippen LogP contribution in [-0.4, -0.2) is 37.0 Å². The van der Waals surface area contributed by atoms with Crippen LogP contribution in [0, 0.1) is 6.92 Å². The summed E-state index contributed by atoms with van der Waals surface area (Å²) in [5.74, 6) is 0.419. The van der Waals surface area contributed by atoms with E-state index in [0.29, 0.717) is 12.3 Å². The maximum Gasteiger partial charge on any atom is 0.274 e. The number of carbonyl (C=O) groups is 1. The van der Waals surface area contributed by atoms with Gasteiger partial charge in [0.2, 0.25) is 0 Å². The molecule has 2 aromatic heterocycles. The Morgan fingerprint density at radius 2 is 2.09 bits per heavy atom. The van der Waals surface area contributed by atoms with Gasteiger partial charge in [0.25, 0.3) is 5.82 Å². The molecule has 0 unspecified atom stereocenters. The zero-order valence-electron chi connectivity index (χ0n) is 12.5. The molecule has 0 bridgehead atoms. The Morgan fingerprint density at radius 1 is 1.32 bits per heavy atom. The lowest BCUT2D eigenvalue weighted by molar-refractivity contribution is -0.364. The van der Waals surface area contributed by atoms with Gasteiger partial charge in [-0.05, 0) is 19.1 Å². The van der Waals surface area contributed by atoms with Gasteiger partial charge in [-0.1, -0.05) is 6.07 Å². The van der Waals surface area contributed by atoms with Gasteiger partial charge in [-0.2, -0.15) is 0 Å². The molecule has 0 radical (unpaired) electrons. The summed E-state index contributed by atoms with van der Waals surface area (Å²) in [5, 5.41) is 10.8. The van der Waals surface area contributed by atoms with Crippen LogP contribution in [0.1, 0.15) is 21.9 Å². The van der Waals surface area contributed by atoms with Gasteiger partial charge in [-0.25, -0.2) is 4.98 Å². The van der Waals surface area contributed by atoms with Gasteiger partial charge in [0.15, 0.2) is 0 Å². The standard InChI is InChI=1S/C16H19N3O3/c1-12-13(10-14(22-12)16(20)21)11-18-6-8-19(9-7-18)15-4-2-3-5-17-15/h2-5,10H,6-9,11H2,1H3,(H,20,21). The minimum Gasteiger partial charge on any atom is -0.542 e. The predicted molar refractivity (Wildman–Crippen MR) is 78.3 cm³/mol. The fraction of sp³-hybridized carbons (Fsp3) is 0.375. The molecule has 6 nitrogen and oxygen atoms in total. The average molecular weight is 301 g/mol. The molecule has 0 spiro atoms. The lowest BCUT2D eigenvalue weighted by Crippen LogP contribution is -2.47. The van der Waals surface area contributed by atoms with Crippen molar-refractivity contribution in [3.05, 3.63) is 47.5 Å². The highest BCUT2D eigenvalue weighted by atomic mass is 16.4. The van der Waals surface area contributed by atoms with Gasteiger partial charge in [-0.3, -0.25) is 9.80 Å². The number of anilines is 1. The van der Waals surface area contributed by atoms with Crippen molar-refractivity contribution in [2.75, 3.05) is 31.1 Å².